The van der Waals surface area contributed by atoms with E-state index in [0.29, 0.717) is 0 Å². The van der Waals surface area contributed by atoms with Crippen molar-refractivity contribution in [2.75, 3.05) is 14.2 Å². The zero-order valence-corrected chi connectivity index (χ0v) is 14.7. The van der Waals surface area contributed by atoms with Gasteiger partial charge in [0.05, 0.1) is 7.11 Å². The van der Waals surface area contributed by atoms with Crippen LogP contribution < -0.4 is 4.72 Å². The fraction of sp³-hybridized carbons (Fsp3) is 0.235. The van der Waals surface area contributed by atoms with Crippen LogP contribution in [0.5, 0.6) is 0 Å². The maximum Gasteiger partial charge on any atom is 0.264 e. The number of amides is 1. The highest BCUT2D eigenvalue weighted by atomic mass is 32.2. The van der Waals surface area contributed by atoms with E-state index < -0.39 is 32.7 Å². The lowest BCUT2D eigenvalue weighted by Gasteiger charge is -2.23. The summed E-state index contributed by atoms with van der Waals surface area (Å²) in [5, 5.41) is 0.928. The van der Waals surface area contributed by atoms with E-state index in [9.17, 15) is 17.6 Å². The quantitative estimate of drug-likeness (QED) is 0.758. The number of nitrogens with zero attached hydrogens (tertiary/aromatic N) is 1. The predicted octanol–water partition coefficient (Wildman–Crippen LogP) is 1.74. The van der Waals surface area contributed by atoms with Gasteiger partial charge < -0.3 is 0 Å². The molecule has 8 heteroatoms. The van der Waals surface area contributed by atoms with Crippen LogP contribution in [0.3, 0.4) is 0 Å². The third-order valence-electron chi connectivity index (χ3n) is 3.59. The van der Waals surface area contributed by atoms with Gasteiger partial charge >= 0.3 is 0 Å². The Morgan fingerprint density at radius 3 is 2.36 bits per heavy atom. The van der Waals surface area contributed by atoms with Gasteiger partial charge in [-0.05, 0) is 24.1 Å². The Kier molecular flexibility index (Phi) is 6.24. The van der Waals surface area contributed by atoms with E-state index in [1.807, 2.05) is 6.07 Å². The number of benzene rings is 2. The Morgan fingerprint density at radius 2 is 1.76 bits per heavy atom. The molecule has 2 aromatic carbocycles. The first kappa shape index (κ1) is 19.0. The number of rotatable bonds is 7. The molecule has 1 amide bonds. The summed E-state index contributed by atoms with van der Waals surface area (Å²) in [4.78, 5) is 16.8. The molecule has 0 radical (unpaired) electrons. The van der Waals surface area contributed by atoms with Gasteiger partial charge in [0, 0.05) is 7.05 Å². The summed E-state index contributed by atoms with van der Waals surface area (Å²) in [6.45, 7) is 0. The number of hydrogen-bond donors (Lipinski definition) is 1. The van der Waals surface area contributed by atoms with E-state index >= 15 is 0 Å². The Hall–Kier alpha value is -2.29. The van der Waals surface area contributed by atoms with Crippen LogP contribution in [0.15, 0.2) is 59.5 Å². The minimum Gasteiger partial charge on any atom is -0.275 e. The first-order valence-electron chi connectivity index (χ1n) is 7.47. The number of sulfonamides is 1. The van der Waals surface area contributed by atoms with Gasteiger partial charge in [-0.25, -0.2) is 17.9 Å². The summed E-state index contributed by atoms with van der Waals surface area (Å²) in [5.41, 5.74) is 0.751. The topological polar surface area (TPSA) is 75.7 Å². The van der Waals surface area contributed by atoms with Crippen LogP contribution in [0, 0.1) is 5.82 Å². The molecule has 0 saturated carbocycles. The molecule has 6 nitrogen and oxygen atoms in total. The summed E-state index contributed by atoms with van der Waals surface area (Å²) < 4.78 is 41.1. The Labute approximate surface area is 146 Å². The molecule has 0 heterocycles. The van der Waals surface area contributed by atoms with Gasteiger partial charge in [-0.1, -0.05) is 42.5 Å². The van der Waals surface area contributed by atoms with Crippen LogP contribution >= 0.6 is 0 Å². The molecule has 0 saturated heterocycles. The third-order valence-corrected chi connectivity index (χ3v) is 5.09. The largest absolute Gasteiger partial charge is 0.275 e. The minimum absolute atomic E-state index is 0.0983. The first-order valence-corrected chi connectivity index (χ1v) is 8.96. The van der Waals surface area contributed by atoms with E-state index in [0.717, 1.165) is 22.8 Å². The lowest BCUT2D eigenvalue weighted by molar-refractivity contribution is -0.170. The lowest BCUT2D eigenvalue weighted by Crippen LogP contribution is -2.48. The van der Waals surface area contributed by atoms with E-state index in [1.54, 1.807) is 24.3 Å². The second kappa shape index (κ2) is 8.19. The zero-order chi connectivity index (χ0) is 18.4. The van der Waals surface area contributed by atoms with Gasteiger partial charge in [-0.3, -0.25) is 9.63 Å². The molecular formula is C17H19FN2O4S. The monoisotopic (exact) mass is 366 g/mol. The molecule has 0 spiro atoms. The van der Waals surface area contributed by atoms with Crippen LogP contribution in [-0.2, 0) is 26.1 Å². The van der Waals surface area contributed by atoms with E-state index in [2.05, 4.69) is 4.72 Å². The van der Waals surface area contributed by atoms with Gasteiger partial charge in [0.15, 0.2) is 0 Å². The van der Waals surface area contributed by atoms with Crippen LogP contribution in [0.2, 0.25) is 0 Å². The van der Waals surface area contributed by atoms with Crippen LogP contribution in [0.25, 0.3) is 0 Å². The molecule has 0 aliphatic heterocycles. The van der Waals surface area contributed by atoms with Crippen molar-refractivity contribution < 1.29 is 22.4 Å². The molecule has 2 aromatic rings. The maximum absolute atomic E-state index is 13.8. The molecule has 25 heavy (non-hydrogen) atoms. The van der Waals surface area contributed by atoms with Crippen molar-refractivity contribution in [3.8, 4) is 0 Å². The fourth-order valence-electron chi connectivity index (χ4n) is 2.25. The standard InChI is InChI=1S/C17H19FN2O4S/c1-20(24-2)17(21)15(12-13-8-4-3-5-9-13)19-25(22,23)16-11-7-6-10-14(16)18/h3-11,15,19H,12H2,1-2H3. The Bertz CT molecular complexity index is 828. The number of carbonyl (C=O) groups is 1. The average molecular weight is 366 g/mol. The molecule has 0 aromatic heterocycles. The summed E-state index contributed by atoms with van der Waals surface area (Å²) in [6.07, 6.45) is 0.0983. The second-order valence-electron chi connectivity index (χ2n) is 5.31. The van der Waals surface area contributed by atoms with Crippen molar-refractivity contribution in [3.63, 3.8) is 0 Å². The number of carbonyl (C=O) groups excluding carboxylic acids is 1. The number of likely N-dealkylation sites (N-methyl/N-ethyl adjacent to an activating group) is 1. The highest BCUT2D eigenvalue weighted by molar-refractivity contribution is 7.89. The summed E-state index contributed by atoms with van der Waals surface area (Å²) in [6, 6.07) is 12.8. The highest BCUT2D eigenvalue weighted by Crippen LogP contribution is 2.15. The van der Waals surface area contributed by atoms with Crippen LogP contribution in [0.1, 0.15) is 5.56 Å². The molecule has 1 N–H and O–H groups in total. The Balaban J connectivity index is 2.32. The smallest absolute Gasteiger partial charge is 0.264 e. The van der Waals surface area contributed by atoms with E-state index in [4.69, 9.17) is 4.84 Å². The molecule has 0 aliphatic carbocycles. The molecule has 134 valence electrons. The third kappa shape index (κ3) is 4.85. The van der Waals surface area contributed by atoms with Gasteiger partial charge in [0.25, 0.3) is 5.91 Å². The van der Waals surface area contributed by atoms with Gasteiger partial charge in [-0.2, -0.15) is 4.72 Å². The van der Waals surface area contributed by atoms with Gasteiger partial charge in [-0.15, -0.1) is 0 Å². The predicted molar refractivity (Wildman–Crippen MR) is 90.4 cm³/mol. The molecule has 1 unspecified atom stereocenters. The van der Waals surface area contributed by atoms with Crippen molar-refractivity contribution in [2.24, 2.45) is 0 Å². The minimum atomic E-state index is -4.23. The number of hydroxylamine groups is 2. The highest BCUT2D eigenvalue weighted by Gasteiger charge is 2.29. The molecule has 2 rings (SSSR count). The van der Waals surface area contributed by atoms with Crippen LogP contribution in [0.4, 0.5) is 4.39 Å². The number of halogens is 1. The van der Waals surface area contributed by atoms with Crippen molar-refractivity contribution >= 4 is 15.9 Å². The number of hydrogen-bond acceptors (Lipinski definition) is 4. The second-order valence-corrected chi connectivity index (χ2v) is 6.99. The summed E-state index contributed by atoms with van der Waals surface area (Å²) in [7, 11) is -1.56. The van der Waals surface area contributed by atoms with E-state index in [-0.39, 0.29) is 6.42 Å². The van der Waals surface area contributed by atoms with E-state index in [1.165, 1.54) is 26.3 Å². The van der Waals surface area contributed by atoms with Crippen molar-refractivity contribution in [1.29, 1.82) is 0 Å². The summed E-state index contributed by atoms with van der Waals surface area (Å²) >= 11 is 0. The lowest BCUT2D eigenvalue weighted by atomic mass is 10.1. The molecule has 1 atom stereocenters. The van der Waals surface area contributed by atoms with Crippen molar-refractivity contribution in [1.82, 2.24) is 9.79 Å². The average Bonchev–Trinajstić information content (AvgIpc) is 2.60. The molecule has 0 fully saturated rings. The normalized spacial score (nSPS) is 12.6. The number of nitrogens with one attached hydrogen (secondary N) is 1. The SMILES string of the molecule is CON(C)C(=O)C(Cc1ccccc1)NS(=O)(=O)c1ccccc1F. The Morgan fingerprint density at radius 1 is 1.16 bits per heavy atom. The first-order chi connectivity index (χ1) is 11.8. The van der Waals surface area contributed by atoms with Gasteiger partial charge in [0.1, 0.15) is 16.8 Å². The zero-order valence-electron chi connectivity index (χ0n) is 13.8. The van der Waals surface area contributed by atoms with Gasteiger partial charge in [0.2, 0.25) is 10.0 Å². The molecule has 0 bridgehead atoms. The maximum atomic E-state index is 13.8. The summed E-state index contributed by atoms with van der Waals surface area (Å²) in [5.74, 6) is -1.48. The van der Waals surface area contributed by atoms with Crippen LogP contribution in [-0.4, -0.2) is 39.6 Å². The molecular weight excluding hydrogens is 347 g/mol. The fourth-order valence-corrected chi connectivity index (χ4v) is 3.52. The van der Waals surface area contributed by atoms with Crippen molar-refractivity contribution in [3.05, 3.63) is 66.0 Å². The molecule has 0 aliphatic rings. The van der Waals surface area contributed by atoms with Crippen molar-refractivity contribution in [2.45, 2.75) is 17.4 Å².